The third-order valence-electron chi connectivity index (χ3n) is 5.94. The van der Waals surface area contributed by atoms with Gasteiger partial charge < -0.3 is 19.4 Å². The maximum atomic E-state index is 12.9. The van der Waals surface area contributed by atoms with Crippen LogP contribution in [0.25, 0.3) is 10.9 Å². The van der Waals surface area contributed by atoms with Gasteiger partial charge in [0.1, 0.15) is 23.8 Å². The van der Waals surface area contributed by atoms with Crippen LogP contribution in [0.15, 0.2) is 36.5 Å². The van der Waals surface area contributed by atoms with E-state index in [4.69, 9.17) is 4.74 Å². The molecule has 0 atom stereocenters. The summed E-state index contributed by atoms with van der Waals surface area (Å²) < 4.78 is 7.20. The summed E-state index contributed by atoms with van der Waals surface area (Å²) in [6.07, 6.45) is 2.01. The fourth-order valence-corrected chi connectivity index (χ4v) is 3.95. The highest BCUT2D eigenvalue weighted by Crippen LogP contribution is 2.27. The van der Waals surface area contributed by atoms with Gasteiger partial charge in [-0.2, -0.15) is 5.10 Å². The van der Waals surface area contributed by atoms with Gasteiger partial charge in [0.25, 0.3) is 0 Å². The second-order valence-corrected chi connectivity index (χ2v) is 8.61. The van der Waals surface area contributed by atoms with Gasteiger partial charge in [-0.1, -0.05) is 6.07 Å². The number of methoxy groups -OCH3 is 1. The van der Waals surface area contributed by atoms with E-state index in [0.29, 0.717) is 11.4 Å². The molecule has 0 radical (unpaired) electrons. The maximum Gasteiger partial charge on any atom is 0.244 e. The molecule has 1 fully saturated rings. The highest BCUT2D eigenvalue weighted by atomic mass is 16.5. The molecule has 0 aliphatic carbocycles. The predicted octanol–water partition coefficient (Wildman–Crippen LogP) is 1.71. The number of nitrogens with zero attached hydrogens (tertiary/aromatic N) is 6. The number of anilines is 1. The van der Waals surface area contributed by atoms with Crippen molar-refractivity contribution in [3.05, 3.63) is 47.8 Å². The lowest BCUT2D eigenvalue weighted by Gasteiger charge is -2.32. The molecule has 4 rings (SSSR count). The van der Waals surface area contributed by atoms with E-state index in [1.807, 2.05) is 54.4 Å². The van der Waals surface area contributed by atoms with Gasteiger partial charge in [-0.25, -0.2) is 4.98 Å². The van der Waals surface area contributed by atoms with Crippen molar-refractivity contribution in [2.75, 3.05) is 59.3 Å². The molecule has 3 heterocycles. The molecule has 9 heteroatoms. The number of hydrogen-bond donors (Lipinski definition) is 0. The first-order chi connectivity index (χ1) is 15.8. The second kappa shape index (κ2) is 9.58. The summed E-state index contributed by atoms with van der Waals surface area (Å²) >= 11 is 0. The van der Waals surface area contributed by atoms with Crippen LogP contribution >= 0.6 is 0 Å². The van der Waals surface area contributed by atoms with Crippen molar-refractivity contribution in [2.45, 2.75) is 13.0 Å². The molecule has 3 aromatic rings. The van der Waals surface area contributed by atoms with Crippen LogP contribution < -0.4 is 9.64 Å². The largest absolute Gasteiger partial charge is 0.496 e. The monoisotopic (exact) mass is 450 g/mol. The number of rotatable bonds is 7. The van der Waals surface area contributed by atoms with Crippen molar-refractivity contribution < 1.29 is 14.3 Å². The molecule has 174 valence electrons. The fraction of sp³-hybridized carbons (Fsp3) is 0.417. The van der Waals surface area contributed by atoms with E-state index in [1.165, 1.54) is 0 Å². The minimum atomic E-state index is -0.0889. The molecule has 1 aliphatic rings. The van der Waals surface area contributed by atoms with Crippen LogP contribution in [-0.2, 0) is 17.8 Å². The number of ether oxygens (including phenoxy) is 1. The first kappa shape index (κ1) is 22.7. The van der Waals surface area contributed by atoms with E-state index >= 15 is 0 Å². The van der Waals surface area contributed by atoms with Crippen LogP contribution in [0, 0.1) is 0 Å². The van der Waals surface area contributed by atoms with Crippen molar-refractivity contribution in [2.24, 2.45) is 0 Å². The number of likely N-dealkylation sites (N-methyl/N-ethyl adjacent to an activating group) is 1. The minimum absolute atomic E-state index is 0.0603. The van der Waals surface area contributed by atoms with Crippen molar-refractivity contribution >= 4 is 28.4 Å². The van der Waals surface area contributed by atoms with Crippen LogP contribution in [0.3, 0.4) is 0 Å². The number of piperazine rings is 1. The molecule has 0 N–H and O–H groups in total. The van der Waals surface area contributed by atoms with Crippen LogP contribution in [-0.4, -0.2) is 90.7 Å². The molecule has 2 aromatic heterocycles. The number of carbonyl (C=O) groups excluding carboxylic acids is 2. The van der Waals surface area contributed by atoms with E-state index in [2.05, 4.69) is 22.0 Å². The number of benzene rings is 1. The Hall–Kier alpha value is -3.46. The second-order valence-electron chi connectivity index (χ2n) is 8.61. The maximum absolute atomic E-state index is 12.9. The minimum Gasteiger partial charge on any atom is -0.496 e. The lowest BCUT2D eigenvalue weighted by molar-refractivity contribution is -0.133. The normalized spacial score (nSPS) is 14.5. The standard InChI is InChI=1S/C24H30N6O3/c1-27(2)23-7-5-6-19(25-23)21(31)13-17-12-18-15-30(26-20(18)14-22(17)33-4)16-24(32)29-10-8-28(3)9-11-29/h5-7,12,14-15H,8-11,13,16H2,1-4H3. The molecular weight excluding hydrogens is 420 g/mol. The van der Waals surface area contributed by atoms with E-state index in [0.717, 1.165) is 48.5 Å². The smallest absolute Gasteiger partial charge is 0.244 e. The zero-order valence-electron chi connectivity index (χ0n) is 19.6. The average molecular weight is 451 g/mol. The molecule has 0 bridgehead atoms. The number of aromatic nitrogens is 3. The lowest BCUT2D eigenvalue weighted by Crippen LogP contribution is -2.48. The van der Waals surface area contributed by atoms with Gasteiger partial charge in [-0.3, -0.25) is 14.3 Å². The van der Waals surface area contributed by atoms with Crippen molar-refractivity contribution in [1.82, 2.24) is 24.6 Å². The summed E-state index contributed by atoms with van der Waals surface area (Å²) in [6.45, 7) is 3.43. The van der Waals surface area contributed by atoms with Crippen molar-refractivity contribution in [3.63, 3.8) is 0 Å². The summed E-state index contributed by atoms with van der Waals surface area (Å²) in [4.78, 5) is 36.0. The lowest BCUT2D eigenvalue weighted by atomic mass is 10.0. The van der Waals surface area contributed by atoms with E-state index < -0.39 is 0 Å². The van der Waals surface area contributed by atoms with Gasteiger partial charge in [0.05, 0.1) is 12.6 Å². The van der Waals surface area contributed by atoms with Gasteiger partial charge in [-0.15, -0.1) is 0 Å². The number of fused-ring (bicyclic) bond motifs is 1. The predicted molar refractivity (Wildman–Crippen MR) is 127 cm³/mol. The number of Topliss-reactive ketones (excluding diaryl/α,β-unsaturated/α-hetero) is 1. The molecule has 0 saturated carbocycles. The highest BCUT2D eigenvalue weighted by molar-refractivity contribution is 5.97. The summed E-state index contributed by atoms with van der Waals surface area (Å²) in [5.74, 6) is 1.30. The summed E-state index contributed by atoms with van der Waals surface area (Å²) in [5, 5.41) is 5.42. The molecule has 1 amide bonds. The fourth-order valence-electron chi connectivity index (χ4n) is 3.95. The first-order valence-corrected chi connectivity index (χ1v) is 11.0. The summed E-state index contributed by atoms with van der Waals surface area (Å²) in [5.41, 5.74) is 1.90. The molecule has 1 aromatic carbocycles. The Morgan fingerprint density at radius 2 is 1.88 bits per heavy atom. The van der Waals surface area contributed by atoms with Crippen LogP contribution in [0.4, 0.5) is 5.82 Å². The Morgan fingerprint density at radius 3 is 2.58 bits per heavy atom. The van der Waals surface area contributed by atoms with Gasteiger partial charge in [0.2, 0.25) is 5.91 Å². The molecule has 1 saturated heterocycles. The van der Waals surface area contributed by atoms with Gasteiger partial charge >= 0.3 is 0 Å². The van der Waals surface area contributed by atoms with E-state index in [9.17, 15) is 9.59 Å². The van der Waals surface area contributed by atoms with Crippen LogP contribution in [0.1, 0.15) is 16.1 Å². The highest BCUT2D eigenvalue weighted by Gasteiger charge is 2.20. The third-order valence-corrected chi connectivity index (χ3v) is 5.94. The number of carbonyl (C=O) groups is 2. The van der Waals surface area contributed by atoms with Gasteiger partial charge in [0.15, 0.2) is 5.78 Å². The SMILES string of the molecule is COc1cc2nn(CC(=O)N3CCN(C)CC3)cc2cc1CC(=O)c1cccc(N(C)C)n1. The van der Waals surface area contributed by atoms with Crippen LogP contribution in [0.2, 0.25) is 0 Å². The van der Waals surface area contributed by atoms with Gasteiger partial charge in [0, 0.05) is 69.9 Å². The molecule has 0 unspecified atom stereocenters. The molecule has 9 nitrogen and oxygen atoms in total. The number of pyridine rings is 1. The molecule has 1 aliphatic heterocycles. The third kappa shape index (κ3) is 5.14. The van der Waals surface area contributed by atoms with Gasteiger partial charge in [-0.05, 0) is 25.2 Å². The summed E-state index contributed by atoms with van der Waals surface area (Å²) in [6, 6.07) is 9.14. The molecular formula is C24H30N6O3. The Morgan fingerprint density at radius 1 is 1.12 bits per heavy atom. The Kier molecular flexibility index (Phi) is 6.60. The quantitative estimate of drug-likeness (QED) is 0.507. The topological polar surface area (TPSA) is 83.8 Å². The van der Waals surface area contributed by atoms with Crippen LogP contribution in [0.5, 0.6) is 5.75 Å². The molecule has 0 spiro atoms. The zero-order chi connectivity index (χ0) is 23.5. The number of amides is 1. The Labute approximate surface area is 193 Å². The van der Waals surface area contributed by atoms with Crippen molar-refractivity contribution in [1.29, 1.82) is 0 Å². The number of ketones is 1. The summed E-state index contributed by atoms with van der Waals surface area (Å²) in [7, 11) is 7.42. The zero-order valence-corrected chi connectivity index (χ0v) is 19.6. The first-order valence-electron chi connectivity index (χ1n) is 11.0. The number of hydrogen-bond acceptors (Lipinski definition) is 7. The van der Waals surface area contributed by atoms with E-state index in [-0.39, 0.29) is 24.7 Å². The van der Waals surface area contributed by atoms with Crippen molar-refractivity contribution in [3.8, 4) is 5.75 Å². The Balaban J connectivity index is 1.53. The average Bonchev–Trinajstić information content (AvgIpc) is 3.19. The Bertz CT molecular complexity index is 1160. The van der Waals surface area contributed by atoms with E-state index in [1.54, 1.807) is 17.9 Å². The molecule has 33 heavy (non-hydrogen) atoms.